The predicted octanol–water partition coefficient (Wildman–Crippen LogP) is 3.35. The van der Waals surface area contributed by atoms with Gasteiger partial charge in [0.1, 0.15) is 6.33 Å². The summed E-state index contributed by atoms with van der Waals surface area (Å²) in [4.78, 5) is 12.3. The Balaban J connectivity index is 2.00. The van der Waals surface area contributed by atoms with Gasteiger partial charge in [-0.2, -0.15) is 0 Å². The minimum atomic E-state index is -0.379. The van der Waals surface area contributed by atoms with Crippen molar-refractivity contribution in [2.45, 2.75) is 23.9 Å². The molecule has 0 saturated heterocycles. The first kappa shape index (κ1) is 18.1. The van der Waals surface area contributed by atoms with E-state index in [1.54, 1.807) is 38.6 Å². The molecule has 2 rings (SSSR count). The van der Waals surface area contributed by atoms with Crippen molar-refractivity contribution in [3.05, 3.63) is 34.6 Å². The zero-order valence-corrected chi connectivity index (χ0v) is 15.0. The van der Waals surface area contributed by atoms with Crippen LogP contribution in [0.25, 0.3) is 0 Å². The van der Waals surface area contributed by atoms with Crippen LogP contribution in [0.2, 0.25) is 10.0 Å². The summed E-state index contributed by atoms with van der Waals surface area (Å²) in [5.74, 6) is -0.194. The van der Waals surface area contributed by atoms with E-state index in [0.717, 1.165) is 0 Å². The molecule has 0 saturated carbocycles. The van der Waals surface area contributed by atoms with E-state index >= 15 is 0 Å². The lowest BCUT2D eigenvalue weighted by atomic mass is 10.3. The lowest BCUT2D eigenvalue weighted by molar-refractivity contribution is -0.115. The van der Waals surface area contributed by atoms with E-state index in [9.17, 15) is 4.79 Å². The molecule has 1 heterocycles. The summed E-state index contributed by atoms with van der Waals surface area (Å²) in [6.45, 7) is 2.96. The van der Waals surface area contributed by atoms with Crippen LogP contribution < -0.4 is 5.32 Å². The Morgan fingerprint density at radius 1 is 1.48 bits per heavy atom. The standard InChI is InChI=1S/C14H16Cl2N4O2S/c1-9(23-14-19-17-8-20(14)5-6-22-2)13(21)18-12-7-10(15)3-4-11(12)16/h3-4,7-9H,5-6H2,1-2H3,(H,18,21). The number of carbonyl (C=O) groups is 1. The van der Waals surface area contributed by atoms with Gasteiger partial charge in [0, 0.05) is 18.7 Å². The van der Waals surface area contributed by atoms with Gasteiger partial charge >= 0.3 is 0 Å². The van der Waals surface area contributed by atoms with Crippen LogP contribution in [0.1, 0.15) is 6.92 Å². The van der Waals surface area contributed by atoms with Crippen molar-refractivity contribution < 1.29 is 9.53 Å². The van der Waals surface area contributed by atoms with Gasteiger partial charge in [0.25, 0.3) is 0 Å². The molecule has 0 aliphatic heterocycles. The Bertz CT molecular complexity index is 681. The van der Waals surface area contributed by atoms with Gasteiger partial charge in [-0.05, 0) is 25.1 Å². The molecule has 23 heavy (non-hydrogen) atoms. The van der Waals surface area contributed by atoms with Crippen molar-refractivity contribution >= 4 is 46.6 Å². The SMILES string of the molecule is COCCn1cnnc1SC(C)C(=O)Nc1cc(Cl)ccc1Cl. The summed E-state index contributed by atoms with van der Waals surface area (Å²) < 4.78 is 6.87. The Morgan fingerprint density at radius 2 is 2.26 bits per heavy atom. The van der Waals surface area contributed by atoms with E-state index in [1.807, 2.05) is 4.57 Å². The predicted molar refractivity (Wildman–Crippen MR) is 92.3 cm³/mol. The van der Waals surface area contributed by atoms with E-state index in [-0.39, 0.29) is 11.2 Å². The van der Waals surface area contributed by atoms with E-state index in [1.165, 1.54) is 11.8 Å². The van der Waals surface area contributed by atoms with Crippen molar-refractivity contribution in [3.63, 3.8) is 0 Å². The largest absolute Gasteiger partial charge is 0.383 e. The maximum absolute atomic E-state index is 12.3. The number of hydrogen-bond donors (Lipinski definition) is 1. The molecule has 1 unspecified atom stereocenters. The van der Waals surface area contributed by atoms with Crippen LogP contribution in [-0.2, 0) is 16.1 Å². The Morgan fingerprint density at radius 3 is 3.00 bits per heavy atom. The summed E-state index contributed by atoms with van der Waals surface area (Å²) in [7, 11) is 1.63. The quantitative estimate of drug-likeness (QED) is 0.752. The highest BCUT2D eigenvalue weighted by atomic mass is 35.5. The number of thioether (sulfide) groups is 1. The molecule has 1 atom stereocenters. The molecule has 0 aliphatic rings. The van der Waals surface area contributed by atoms with Crippen molar-refractivity contribution in [2.24, 2.45) is 0 Å². The van der Waals surface area contributed by atoms with Crippen LogP contribution in [-0.4, -0.2) is 39.6 Å². The number of methoxy groups -OCH3 is 1. The van der Waals surface area contributed by atoms with Crippen LogP contribution in [0, 0.1) is 0 Å². The second-order valence-corrected chi connectivity index (χ2v) is 6.82. The molecule has 1 aromatic heterocycles. The van der Waals surface area contributed by atoms with Gasteiger partial charge in [-0.1, -0.05) is 35.0 Å². The van der Waals surface area contributed by atoms with E-state index < -0.39 is 0 Å². The number of benzene rings is 1. The number of aromatic nitrogens is 3. The normalized spacial score (nSPS) is 12.2. The Hall–Kier alpha value is -1.28. The number of halogens is 2. The number of anilines is 1. The van der Waals surface area contributed by atoms with Crippen LogP contribution in [0.4, 0.5) is 5.69 Å². The van der Waals surface area contributed by atoms with E-state index in [4.69, 9.17) is 27.9 Å². The summed E-state index contributed by atoms with van der Waals surface area (Å²) in [5.41, 5.74) is 0.484. The molecule has 1 N–H and O–H groups in total. The first-order chi connectivity index (χ1) is 11.0. The third-order valence-corrected chi connectivity index (χ3v) is 4.61. The summed E-state index contributed by atoms with van der Waals surface area (Å²) >= 11 is 13.3. The molecule has 1 aromatic carbocycles. The summed E-state index contributed by atoms with van der Waals surface area (Å²) in [6.07, 6.45) is 1.61. The van der Waals surface area contributed by atoms with Gasteiger partial charge in [0.15, 0.2) is 5.16 Å². The van der Waals surface area contributed by atoms with Crippen molar-refractivity contribution in [1.82, 2.24) is 14.8 Å². The number of nitrogens with zero attached hydrogens (tertiary/aromatic N) is 3. The van der Waals surface area contributed by atoms with Crippen LogP contribution >= 0.6 is 35.0 Å². The highest BCUT2D eigenvalue weighted by Crippen LogP contribution is 2.27. The minimum absolute atomic E-state index is 0.194. The molecule has 2 aromatic rings. The number of ether oxygens (including phenoxy) is 1. The maximum Gasteiger partial charge on any atom is 0.237 e. The zero-order chi connectivity index (χ0) is 16.8. The molecule has 0 bridgehead atoms. The highest BCUT2D eigenvalue weighted by Gasteiger charge is 2.19. The van der Waals surface area contributed by atoms with Gasteiger partial charge in [0.05, 0.1) is 22.6 Å². The van der Waals surface area contributed by atoms with Crippen molar-refractivity contribution in [3.8, 4) is 0 Å². The Kier molecular flexibility index (Phi) is 6.71. The molecule has 9 heteroatoms. The minimum Gasteiger partial charge on any atom is -0.383 e. The van der Waals surface area contributed by atoms with Gasteiger partial charge < -0.3 is 14.6 Å². The van der Waals surface area contributed by atoms with Gasteiger partial charge in [0.2, 0.25) is 5.91 Å². The fourth-order valence-electron chi connectivity index (χ4n) is 1.72. The third-order valence-electron chi connectivity index (χ3n) is 2.95. The van der Waals surface area contributed by atoms with E-state index in [2.05, 4.69) is 15.5 Å². The molecular formula is C14H16Cl2N4O2S. The fraction of sp³-hybridized carbons (Fsp3) is 0.357. The number of amides is 1. The van der Waals surface area contributed by atoms with Crippen LogP contribution in [0.15, 0.2) is 29.7 Å². The first-order valence-electron chi connectivity index (χ1n) is 6.80. The fourth-order valence-corrected chi connectivity index (χ4v) is 2.91. The average molecular weight is 375 g/mol. The van der Waals surface area contributed by atoms with Crippen LogP contribution in [0.3, 0.4) is 0 Å². The van der Waals surface area contributed by atoms with Crippen molar-refractivity contribution in [2.75, 3.05) is 19.0 Å². The smallest absolute Gasteiger partial charge is 0.237 e. The van der Waals surface area contributed by atoms with Crippen LogP contribution in [0.5, 0.6) is 0 Å². The molecule has 0 aliphatic carbocycles. The summed E-state index contributed by atoms with van der Waals surface area (Å²) in [6, 6.07) is 4.91. The first-order valence-corrected chi connectivity index (χ1v) is 8.44. The second kappa shape index (κ2) is 8.54. The average Bonchev–Trinajstić information content (AvgIpc) is 2.95. The third kappa shape index (κ3) is 5.10. The molecule has 0 radical (unpaired) electrons. The Labute approximate surface area is 148 Å². The lowest BCUT2D eigenvalue weighted by Gasteiger charge is -2.13. The lowest BCUT2D eigenvalue weighted by Crippen LogP contribution is -2.23. The molecule has 0 spiro atoms. The number of rotatable bonds is 7. The van der Waals surface area contributed by atoms with Gasteiger partial charge in [-0.15, -0.1) is 10.2 Å². The zero-order valence-electron chi connectivity index (χ0n) is 12.6. The molecule has 124 valence electrons. The van der Waals surface area contributed by atoms with Gasteiger partial charge in [-0.25, -0.2) is 0 Å². The summed E-state index contributed by atoms with van der Waals surface area (Å²) in [5, 5.41) is 11.9. The molecular weight excluding hydrogens is 359 g/mol. The molecule has 6 nitrogen and oxygen atoms in total. The number of nitrogens with one attached hydrogen (secondary N) is 1. The number of carbonyl (C=O) groups excluding carboxylic acids is 1. The maximum atomic E-state index is 12.3. The monoisotopic (exact) mass is 374 g/mol. The van der Waals surface area contributed by atoms with Crippen molar-refractivity contribution in [1.29, 1.82) is 0 Å². The highest BCUT2D eigenvalue weighted by molar-refractivity contribution is 8.00. The van der Waals surface area contributed by atoms with E-state index in [0.29, 0.717) is 34.0 Å². The topological polar surface area (TPSA) is 69.0 Å². The molecule has 1 amide bonds. The van der Waals surface area contributed by atoms with Gasteiger partial charge in [-0.3, -0.25) is 4.79 Å². The molecule has 0 fully saturated rings. The number of hydrogen-bond acceptors (Lipinski definition) is 5. The second-order valence-electron chi connectivity index (χ2n) is 4.67.